The SMILES string of the molecule is COc1ncnc(OC)c1-n1c(N[S+]([O-])C(C)C(C)c2cnc(C)cn2)nnc1C1CCCO1. The number of hydrogen-bond acceptors (Lipinski definition) is 11. The van der Waals surface area contributed by atoms with Crippen molar-refractivity contribution in [1.29, 1.82) is 0 Å². The summed E-state index contributed by atoms with van der Waals surface area (Å²) in [5, 5.41) is 8.32. The van der Waals surface area contributed by atoms with Crippen LogP contribution in [0.1, 0.15) is 55.9 Å². The number of hydrogen-bond donors (Lipinski definition) is 1. The monoisotopic (exact) mass is 488 g/mol. The molecule has 1 saturated heterocycles. The van der Waals surface area contributed by atoms with E-state index in [0.717, 1.165) is 24.2 Å². The minimum atomic E-state index is -1.55. The first kappa shape index (κ1) is 24.1. The molecule has 3 aromatic rings. The maximum atomic E-state index is 13.4. The molecule has 0 spiro atoms. The van der Waals surface area contributed by atoms with Gasteiger partial charge in [0.2, 0.25) is 11.8 Å². The van der Waals surface area contributed by atoms with Crippen molar-refractivity contribution in [3.05, 3.63) is 35.9 Å². The summed E-state index contributed by atoms with van der Waals surface area (Å²) >= 11 is -1.55. The van der Waals surface area contributed by atoms with E-state index in [-0.39, 0.29) is 35.0 Å². The fraction of sp³-hybridized carbons (Fsp3) is 0.524. The predicted octanol–water partition coefficient (Wildman–Crippen LogP) is 2.29. The third kappa shape index (κ3) is 4.76. The molecule has 0 saturated carbocycles. The first-order valence-corrected chi connectivity index (χ1v) is 12.1. The van der Waals surface area contributed by atoms with E-state index in [0.29, 0.717) is 18.1 Å². The molecule has 0 bridgehead atoms. The van der Waals surface area contributed by atoms with Gasteiger partial charge in [-0.3, -0.25) is 9.97 Å². The number of ether oxygens (including phenoxy) is 3. The zero-order chi connectivity index (χ0) is 24.2. The Morgan fingerprint density at radius 3 is 2.44 bits per heavy atom. The van der Waals surface area contributed by atoms with Crippen molar-refractivity contribution < 1.29 is 18.8 Å². The Hall–Kier alpha value is -3.03. The highest BCUT2D eigenvalue weighted by molar-refractivity contribution is 7.93. The molecule has 1 N–H and O–H groups in total. The maximum absolute atomic E-state index is 13.4. The Kier molecular flexibility index (Phi) is 7.44. The van der Waals surface area contributed by atoms with Crippen molar-refractivity contribution in [2.24, 2.45) is 0 Å². The standard InChI is InChI=1S/C21H28N8O4S/c1-12-9-23-15(10-22-12)13(2)14(3)34(30)28-21-27-26-18(16-7-6-8-33-16)29(21)17-19(31-4)24-11-25-20(17)32-5/h9-11,13-14,16H,6-8H2,1-5H3,(H,27,28). The average molecular weight is 489 g/mol. The zero-order valence-corrected chi connectivity index (χ0v) is 20.6. The summed E-state index contributed by atoms with van der Waals surface area (Å²) in [6, 6.07) is 0. The topological polar surface area (TPSA) is 145 Å². The maximum Gasteiger partial charge on any atom is 0.271 e. The number of rotatable bonds is 9. The Labute approximate surface area is 200 Å². The molecule has 0 aromatic carbocycles. The van der Waals surface area contributed by atoms with Gasteiger partial charge in [-0.05, 0) is 26.7 Å². The smallest absolute Gasteiger partial charge is 0.271 e. The molecule has 34 heavy (non-hydrogen) atoms. The highest BCUT2D eigenvalue weighted by atomic mass is 32.2. The molecule has 182 valence electrons. The van der Waals surface area contributed by atoms with E-state index >= 15 is 0 Å². The van der Waals surface area contributed by atoms with Crippen LogP contribution in [0.2, 0.25) is 0 Å². The normalized spacial score (nSPS) is 18.4. The van der Waals surface area contributed by atoms with Crippen molar-refractivity contribution in [3.8, 4) is 17.4 Å². The van der Waals surface area contributed by atoms with Gasteiger partial charge in [0.25, 0.3) is 5.95 Å². The van der Waals surface area contributed by atoms with Crippen LogP contribution in [-0.2, 0) is 16.1 Å². The molecule has 13 heteroatoms. The van der Waals surface area contributed by atoms with Crippen LogP contribution in [0, 0.1) is 6.92 Å². The Balaban J connectivity index is 1.69. The summed E-state index contributed by atoms with van der Waals surface area (Å²) in [5.74, 6) is 1.16. The van der Waals surface area contributed by atoms with Crippen molar-refractivity contribution in [1.82, 2.24) is 34.7 Å². The minimum Gasteiger partial charge on any atom is -0.593 e. The molecule has 4 unspecified atom stereocenters. The first-order valence-electron chi connectivity index (χ1n) is 10.9. The van der Waals surface area contributed by atoms with Crippen LogP contribution in [0.5, 0.6) is 11.8 Å². The van der Waals surface area contributed by atoms with Crippen molar-refractivity contribution in [3.63, 3.8) is 0 Å². The van der Waals surface area contributed by atoms with Gasteiger partial charge in [0.1, 0.15) is 17.7 Å². The van der Waals surface area contributed by atoms with Gasteiger partial charge in [-0.1, -0.05) is 6.92 Å². The molecule has 0 radical (unpaired) electrons. The van der Waals surface area contributed by atoms with Crippen LogP contribution in [0.25, 0.3) is 5.69 Å². The molecule has 0 aliphatic carbocycles. The van der Waals surface area contributed by atoms with Crippen molar-refractivity contribution in [2.75, 3.05) is 25.5 Å². The minimum absolute atomic E-state index is 0.125. The molecule has 4 atom stereocenters. The summed E-state index contributed by atoms with van der Waals surface area (Å²) < 4.78 is 34.8. The predicted molar refractivity (Wildman–Crippen MR) is 124 cm³/mol. The zero-order valence-electron chi connectivity index (χ0n) is 19.8. The molecule has 1 fully saturated rings. The molecule has 1 aliphatic rings. The molecule has 3 aromatic heterocycles. The van der Waals surface area contributed by atoms with E-state index < -0.39 is 11.4 Å². The van der Waals surface area contributed by atoms with Gasteiger partial charge in [0.15, 0.2) is 11.5 Å². The van der Waals surface area contributed by atoms with E-state index in [4.69, 9.17) is 14.2 Å². The second-order valence-electron chi connectivity index (χ2n) is 7.94. The van der Waals surface area contributed by atoms with Crippen molar-refractivity contribution >= 4 is 17.3 Å². The summed E-state index contributed by atoms with van der Waals surface area (Å²) in [6.45, 7) is 6.34. The number of nitrogens with zero attached hydrogens (tertiary/aromatic N) is 7. The third-order valence-electron chi connectivity index (χ3n) is 5.77. The fourth-order valence-electron chi connectivity index (χ4n) is 3.66. The quantitative estimate of drug-likeness (QED) is 0.443. The van der Waals surface area contributed by atoms with Gasteiger partial charge in [-0.15, -0.1) is 10.2 Å². The number of methoxy groups -OCH3 is 2. The fourth-order valence-corrected chi connectivity index (χ4v) is 4.66. The van der Waals surface area contributed by atoms with Gasteiger partial charge >= 0.3 is 0 Å². The first-order chi connectivity index (χ1) is 16.4. The van der Waals surface area contributed by atoms with Crippen LogP contribution in [0.4, 0.5) is 5.95 Å². The number of anilines is 1. The Morgan fingerprint density at radius 2 is 1.85 bits per heavy atom. The van der Waals surface area contributed by atoms with Crippen LogP contribution in [-0.4, -0.2) is 65.3 Å². The summed E-state index contributed by atoms with van der Waals surface area (Å²) in [5.41, 5.74) is 1.98. The summed E-state index contributed by atoms with van der Waals surface area (Å²) in [6.07, 6.45) is 6.15. The van der Waals surface area contributed by atoms with Gasteiger partial charge in [0, 0.05) is 24.9 Å². The van der Waals surface area contributed by atoms with E-state index in [9.17, 15) is 4.55 Å². The van der Waals surface area contributed by atoms with Gasteiger partial charge < -0.3 is 18.8 Å². The highest BCUT2D eigenvalue weighted by Crippen LogP contribution is 2.37. The van der Waals surface area contributed by atoms with E-state index in [1.165, 1.54) is 20.5 Å². The lowest BCUT2D eigenvalue weighted by atomic mass is 10.1. The summed E-state index contributed by atoms with van der Waals surface area (Å²) in [4.78, 5) is 17.2. The summed E-state index contributed by atoms with van der Waals surface area (Å²) in [7, 11) is 3.00. The lowest BCUT2D eigenvalue weighted by molar-refractivity contribution is 0.103. The molecule has 12 nitrogen and oxygen atoms in total. The largest absolute Gasteiger partial charge is 0.593 e. The molecule has 0 amide bonds. The number of aryl methyl sites for hydroxylation is 1. The molecular weight excluding hydrogens is 460 g/mol. The van der Waals surface area contributed by atoms with Crippen LogP contribution in [0.3, 0.4) is 0 Å². The van der Waals surface area contributed by atoms with E-state index in [1.54, 1.807) is 17.0 Å². The van der Waals surface area contributed by atoms with Gasteiger partial charge in [-0.25, -0.2) is 4.57 Å². The molecular formula is C21H28N8O4S. The van der Waals surface area contributed by atoms with Gasteiger partial charge in [-0.2, -0.15) is 14.7 Å². The van der Waals surface area contributed by atoms with Crippen LogP contribution in [0.15, 0.2) is 18.7 Å². The molecule has 1 aliphatic heterocycles. The Morgan fingerprint density at radius 1 is 1.12 bits per heavy atom. The number of aromatic nitrogens is 7. The van der Waals surface area contributed by atoms with E-state index in [2.05, 4.69) is 34.9 Å². The molecule has 4 rings (SSSR count). The van der Waals surface area contributed by atoms with Gasteiger partial charge in [0.05, 0.1) is 37.0 Å². The van der Waals surface area contributed by atoms with Crippen molar-refractivity contribution in [2.45, 2.75) is 50.9 Å². The van der Waals surface area contributed by atoms with E-state index in [1.807, 2.05) is 20.8 Å². The van der Waals surface area contributed by atoms with Crippen LogP contribution >= 0.6 is 0 Å². The molecule has 4 heterocycles. The van der Waals surface area contributed by atoms with Crippen LogP contribution < -0.4 is 14.2 Å². The lowest BCUT2D eigenvalue weighted by Gasteiger charge is -2.23. The Bertz CT molecular complexity index is 1080. The lowest BCUT2D eigenvalue weighted by Crippen LogP contribution is -2.31. The third-order valence-corrected chi connectivity index (χ3v) is 7.24. The second-order valence-corrected chi connectivity index (χ2v) is 9.48. The highest BCUT2D eigenvalue weighted by Gasteiger charge is 2.34. The second kappa shape index (κ2) is 10.5. The number of nitrogens with one attached hydrogen (secondary N) is 1. The average Bonchev–Trinajstić information content (AvgIpc) is 3.53.